The van der Waals surface area contributed by atoms with E-state index in [2.05, 4.69) is 10.5 Å². The second-order valence-electron chi connectivity index (χ2n) is 8.18. The molecule has 0 bridgehead atoms. The molecular weight excluding hydrogens is 475 g/mol. The van der Waals surface area contributed by atoms with Crippen LogP contribution in [0.15, 0.2) is 53.6 Å². The summed E-state index contributed by atoms with van der Waals surface area (Å²) in [5.74, 6) is 0.0683. The van der Waals surface area contributed by atoms with Gasteiger partial charge < -0.3 is 15.2 Å². The Labute approximate surface area is 209 Å². The molecule has 0 aliphatic carbocycles. The maximum Gasteiger partial charge on any atom is 0.230 e. The SMILES string of the molecule is CN/N=C1\CCN(Cc2cccc(Cl)c2)C(=O)C1.O=C1CCN(Cc2cccc(Cl)c2)C(=O)C1. The summed E-state index contributed by atoms with van der Waals surface area (Å²) in [4.78, 5) is 38.1. The minimum absolute atomic E-state index is 0.0346. The molecule has 2 aromatic carbocycles. The summed E-state index contributed by atoms with van der Waals surface area (Å²) < 4.78 is 0. The van der Waals surface area contributed by atoms with Crippen molar-refractivity contribution in [2.24, 2.45) is 5.10 Å². The first-order valence-electron chi connectivity index (χ1n) is 11.1. The molecule has 2 fully saturated rings. The molecule has 34 heavy (non-hydrogen) atoms. The number of hydrazone groups is 1. The number of nitrogens with one attached hydrogen (secondary N) is 1. The first kappa shape index (κ1) is 25.7. The smallest absolute Gasteiger partial charge is 0.230 e. The number of amides is 2. The summed E-state index contributed by atoms with van der Waals surface area (Å²) in [5, 5.41) is 5.46. The molecule has 0 unspecified atom stereocenters. The van der Waals surface area contributed by atoms with Crippen molar-refractivity contribution in [2.45, 2.75) is 38.8 Å². The largest absolute Gasteiger partial charge is 0.338 e. The predicted molar refractivity (Wildman–Crippen MR) is 134 cm³/mol. The zero-order valence-electron chi connectivity index (χ0n) is 19.1. The topological polar surface area (TPSA) is 82.1 Å². The van der Waals surface area contributed by atoms with Crippen LogP contribution in [0.1, 0.15) is 36.8 Å². The number of nitrogens with zero attached hydrogens (tertiary/aromatic N) is 3. The number of hydrogen-bond acceptors (Lipinski definition) is 5. The van der Waals surface area contributed by atoms with E-state index >= 15 is 0 Å². The van der Waals surface area contributed by atoms with Crippen LogP contribution in [0.5, 0.6) is 0 Å². The molecule has 1 N–H and O–H groups in total. The number of ketones is 1. The fourth-order valence-electron chi connectivity index (χ4n) is 3.82. The highest BCUT2D eigenvalue weighted by atomic mass is 35.5. The third kappa shape index (κ3) is 7.85. The van der Waals surface area contributed by atoms with Gasteiger partial charge in [0.05, 0.1) is 12.8 Å². The van der Waals surface area contributed by atoms with Gasteiger partial charge in [-0.25, -0.2) is 0 Å². The van der Waals surface area contributed by atoms with Crippen molar-refractivity contribution in [1.82, 2.24) is 15.2 Å². The lowest BCUT2D eigenvalue weighted by Crippen LogP contribution is -2.38. The van der Waals surface area contributed by atoms with Crippen molar-refractivity contribution in [3.63, 3.8) is 0 Å². The molecule has 0 saturated carbocycles. The van der Waals surface area contributed by atoms with E-state index in [1.165, 1.54) is 0 Å². The Morgan fingerprint density at radius 2 is 1.35 bits per heavy atom. The second-order valence-corrected chi connectivity index (χ2v) is 9.06. The van der Waals surface area contributed by atoms with Crippen LogP contribution in [0.2, 0.25) is 10.0 Å². The zero-order valence-corrected chi connectivity index (χ0v) is 20.6. The summed E-state index contributed by atoms with van der Waals surface area (Å²) >= 11 is 11.8. The van der Waals surface area contributed by atoms with E-state index in [0.717, 1.165) is 23.3 Å². The highest BCUT2D eigenvalue weighted by Gasteiger charge is 2.24. The Hall–Kier alpha value is -2.90. The van der Waals surface area contributed by atoms with E-state index < -0.39 is 0 Å². The van der Waals surface area contributed by atoms with Gasteiger partial charge in [-0.3, -0.25) is 14.4 Å². The van der Waals surface area contributed by atoms with Crippen LogP contribution >= 0.6 is 23.2 Å². The molecule has 0 aromatic heterocycles. The van der Waals surface area contributed by atoms with Crippen LogP contribution in [0.25, 0.3) is 0 Å². The highest BCUT2D eigenvalue weighted by molar-refractivity contribution is 6.30. The average molecular weight is 503 g/mol. The number of benzene rings is 2. The van der Waals surface area contributed by atoms with Gasteiger partial charge in [-0.15, -0.1) is 0 Å². The summed E-state index contributed by atoms with van der Waals surface area (Å²) in [5.41, 5.74) is 5.71. The molecule has 0 radical (unpaired) electrons. The molecule has 180 valence electrons. The number of halogens is 2. The van der Waals surface area contributed by atoms with E-state index in [-0.39, 0.29) is 24.0 Å². The predicted octanol–water partition coefficient (Wildman–Crippen LogP) is 4.07. The Balaban J connectivity index is 0.000000192. The van der Waals surface area contributed by atoms with Gasteiger partial charge in [0, 0.05) is 61.8 Å². The molecular formula is C25H28Cl2N4O3. The molecule has 4 rings (SSSR count). The van der Waals surface area contributed by atoms with E-state index in [1.54, 1.807) is 18.0 Å². The fraction of sp³-hybridized carbons (Fsp3) is 0.360. The number of hydrogen-bond donors (Lipinski definition) is 1. The molecule has 9 heteroatoms. The average Bonchev–Trinajstić information content (AvgIpc) is 2.78. The summed E-state index contributed by atoms with van der Waals surface area (Å²) in [6.45, 7) is 2.38. The van der Waals surface area contributed by atoms with Crippen LogP contribution in [-0.2, 0) is 27.5 Å². The lowest BCUT2D eigenvalue weighted by Gasteiger charge is -2.27. The van der Waals surface area contributed by atoms with E-state index in [9.17, 15) is 14.4 Å². The highest BCUT2D eigenvalue weighted by Crippen LogP contribution is 2.17. The molecule has 2 aliphatic heterocycles. The Bertz CT molecular complexity index is 1070. The van der Waals surface area contributed by atoms with Gasteiger partial charge in [0.2, 0.25) is 11.8 Å². The number of likely N-dealkylation sites (tertiary alicyclic amines) is 2. The van der Waals surface area contributed by atoms with Gasteiger partial charge in [-0.2, -0.15) is 5.10 Å². The van der Waals surface area contributed by atoms with Gasteiger partial charge in [0.25, 0.3) is 0 Å². The van der Waals surface area contributed by atoms with E-state index in [0.29, 0.717) is 49.1 Å². The van der Waals surface area contributed by atoms with Crippen LogP contribution in [0.3, 0.4) is 0 Å². The van der Waals surface area contributed by atoms with Crippen molar-refractivity contribution in [1.29, 1.82) is 0 Å². The second kappa shape index (κ2) is 12.5. The quantitative estimate of drug-likeness (QED) is 0.493. The number of carbonyl (C=O) groups excluding carboxylic acids is 3. The molecule has 2 saturated heterocycles. The van der Waals surface area contributed by atoms with Gasteiger partial charge in [-0.05, 0) is 35.4 Å². The summed E-state index contributed by atoms with van der Waals surface area (Å²) in [7, 11) is 1.75. The number of carbonyl (C=O) groups is 3. The molecule has 2 aliphatic rings. The van der Waals surface area contributed by atoms with Crippen LogP contribution in [-0.4, -0.2) is 53.2 Å². The molecule has 2 aromatic rings. The fourth-order valence-corrected chi connectivity index (χ4v) is 4.24. The molecule has 2 amide bonds. The Morgan fingerprint density at radius 3 is 1.82 bits per heavy atom. The summed E-state index contributed by atoms with van der Waals surface area (Å²) in [6.07, 6.45) is 1.74. The monoisotopic (exact) mass is 502 g/mol. The van der Waals surface area contributed by atoms with Crippen molar-refractivity contribution in [3.05, 3.63) is 69.7 Å². The number of Topliss-reactive ketones (excluding diaryl/α,β-unsaturated/α-hetero) is 1. The normalized spacial score (nSPS) is 17.5. The van der Waals surface area contributed by atoms with Crippen LogP contribution in [0.4, 0.5) is 0 Å². The third-order valence-corrected chi connectivity index (χ3v) is 6.00. The third-order valence-electron chi connectivity index (χ3n) is 5.53. The zero-order chi connectivity index (χ0) is 24.5. The summed E-state index contributed by atoms with van der Waals surface area (Å²) in [6, 6.07) is 15.0. The Kier molecular flexibility index (Phi) is 9.48. The van der Waals surface area contributed by atoms with Crippen LogP contribution in [0, 0.1) is 0 Å². The van der Waals surface area contributed by atoms with Crippen molar-refractivity contribution in [2.75, 3.05) is 20.1 Å². The van der Waals surface area contributed by atoms with Gasteiger partial charge in [-0.1, -0.05) is 47.5 Å². The minimum Gasteiger partial charge on any atom is -0.338 e. The molecule has 0 atom stereocenters. The van der Waals surface area contributed by atoms with E-state index in [4.69, 9.17) is 23.2 Å². The minimum atomic E-state index is -0.0868. The van der Waals surface area contributed by atoms with Gasteiger partial charge >= 0.3 is 0 Å². The lowest BCUT2D eigenvalue weighted by molar-refractivity contribution is -0.140. The Morgan fingerprint density at radius 1 is 0.824 bits per heavy atom. The van der Waals surface area contributed by atoms with Gasteiger partial charge in [0.15, 0.2) is 0 Å². The number of rotatable bonds is 5. The van der Waals surface area contributed by atoms with E-state index in [1.807, 2.05) is 47.4 Å². The van der Waals surface area contributed by atoms with Crippen LogP contribution < -0.4 is 5.43 Å². The lowest BCUT2D eigenvalue weighted by atomic mass is 10.1. The van der Waals surface area contributed by atoms with Gasteiger partial charge in [0.1, 0.15) is 5.78 Å². The molecule has 7 nitrogen and oxygen atoms in total. The maximum absolute atomic E-state index is 12.0. The van der Waals surface area contributed by atoms with Crippen molar-refractivity contribution in [3.8, 4) is 0 Å². The maximum atomic E-state index is 12.0. The van der Waals surface area contributed by atoms with Crippen molar-refractivity contribution >= 4 is 46.5 Å². The standard InChI is InChI=1S/C13H16ClN3O.C12H12ClNO2/c1-15-16-12-5-6-17(13(18)8-12)9-10-3-2-4-11(14)7-10;13-10-3-1-2-9(6-10)8-14-5-4-11(15)7-12(14)16/h2-4,7,15H,5-6,8-9H2,1H3;1-3,6H,4-5,7-8H2/b16-12+;. The first-order valence-corrected chi connectivity index (χ1v) is 11.9. The molecule has 2 heterocycles. The molecule has 0 spiro atoms. The first-order chi connectivity index (χ1) is 16.3. The van der Waals surface area contributed by atoms with Crippen molar-refractivity contribution < 1.29 is 14.4 Å². The number of piperidine rings is 2.